The fraction of sp³-hybridized carbons (Fsp3) is 0.100. The van der Waals surface area contributed by atoms with Crippen LogP contribution in [0.2, 0.25) is 5.02 Å². The Morgan fingerprint density at radius 2 is 2.17 bits per heavy atom. The highest BCUT2D eigenvalue weighted by Gasteiger charge is 2.20. The van der Waals surface area contributed by atoms with E-state index in [2.05, 4.69) is 14.9 Å². The minimum atomic E-state index is -3.94. The van der Waals surface area contributed by atoms with E-state index in [4.69, 9.17) is 11.6 Å². The van der Waals surface area contributed by atoms with Gasteiger partial charge >= 0.3 is 0 Å². The maximum Gasteiger partial charge on any atom is 0.263 e. The third kappa shape index (κ3) is 2.46. The minimum absolute atomic E-state index is 0.0509. The van der Waals surface area contributed by atoms with Gasteiger partial charge in [-0.2, -0.15) is 5.10 Å². The van der Waals surface area contributed by atoms with Gasteiger partial charge in [-0.15, -0.1) is 0 Å². The molecular weight excluding hydrogens is 281 g/mol. The number of H-pyrrole nitrogens is 1. The fourth-order valence-corrected chi connectivity index (χ4v) is 2.96. The van der Waals surface area contributed by atoms with E-state index in [1.165, 1.54) is 12.3 Å². The lowest BCUT2D eigenvalue weighted by Crippen LogP contribution is -2.14. The Morgan fingerprint density at radius 1 is 1.44 bits per heavy atom. The van der Waals surface area contributed by atoms with Gasteiger partial charge in [-0.25, -0.2) is 12.8 Å². The predicted octanol–water partition coefficient (Wildman–Crippen LogP) is 2.31. The van der Waals surface area contributed by atoms with Gasteiger partial charge in [-0.05, 0) is 25.1 Å². The first-order valence-corrected chi connectivity index (χ1v) is 6.74. The summed E-state index contributed by atoms with van der Waals surface area (Å²) in [6.07, 6.45) is 1.32. The van der Waals surface area contributed by atoms with Crippen LogP contribution >= 0.6 is 11.6 Å². The second-order valence-corrected chi connectivity index (χ2v) is 5.65. The molecule has 2 aromatic rings. The molecule has 8 heteroatoms. The van der Waals surface area contributed by atoms with Crippen molar-refractivity contribution in [1.29, 1.82) is 0 Å². The Bertz CT molecular complexity index is 684. The molecule has 0 unspecified atom stereocenters. The summed E-state index contributed by atoms with van der Waals surface area (Å²) >= 11 is 5.75. The normalized spacial score (nSPS) is 11.5. The molecule has 0 saturated heterocycles. The number of benzene rings is 1. The van der Waals surface area contributed by atoms with Crippen molar-refractivity contribution < 1.29 is 12.8 Å². The lowest BCUT2D eigenvalue weighted by atomic mass is 10.3. The summed E-state index contributed by atoms with van der Waals surface area (Å²) in [5.74, 6) is -0.677. The second-order valence-electron chi connectivity index (χ2n) is 3.59. The maximum absolute atomic E-state index is 13.1. The highest BCUT2D eigenvalue weighted by atomic mass is 35.5. The number of nitrogens with zero attached hydrogens (tertiary/aromatic N) is 1. The van der Waals surface area contributed by atoms with E-state index >= 15 is 0 Å². The van der Waals surface area contributed by atoms with Gasteiger partial charge in [0, 0.05) is 0 Å². The first-order valence-electron chi connectivity index (χ1n) is 4.88. The summed E-state index contributed by atoms with van der Waals surface area (Å²) < 4.78 is 39.4. The highest BCUT2D eigenvalue weighted by molar-refractivity contribution is 7.92. The number of hydrogen-bond donors (Lipinski definition) is 2. The van der Waals surface area contributed by atoms with Crippen molar-refractivity contribution in [2.45, 2.75) is 11.8 Å². The highest BCUT2D eigenvalue weighted by Crippen LogP contribution is 2.25. The molecule has 0 aliphatic rings. The number of anilines is 1. The number of rotatable bonds is 3. The van der Waals surface area contributed by atoms with Crippen molar-refractivity contribution in [1.82, 2.24) is 10.2 Å². The zero-order chi connectivity index (χ0) is 13.3. The van der Waals surface area contributed by atoms with Crippen LogP contribution in [-0.4, -0.2) is 18.6 Å². The van der Waals surface area contributed by atoms with Gasteiger partial charge in [0.1, 0.15) is 10.7 Å². The molecule has 1 aromatic carbocycles. The van der Waals surface area contributed by atoms with Gasteiger partial charge in [0.25, 0.3) is 10.0 Å². The topological polar surface area (TPSA) is 74.8 Å². The number of aromatic nitrogens is 2. The molecule has 2 rings (SSSR count). The van der Waals surface area contributed by atoms with E-state index in [9.17, 15) is 12.8 Å². The van der Waals surface area contributed by atoms with Crippen molar-refractivity contribution in [3.8, 4) is 0 Å². The van der Waals surface area contributed by atoms with Gasteiger partial charge in [0.05, 0.1) is 22.6 Å². The Hall–Kier alpha value is -1.60. The van der Waals surface area contributed by atoms with Crippen molar-refractivity contribution in [2.24, 2.45) is 0 Å². The van der Waals surface area contributed by atoms with Gasteiger partial charge in [-0.3, -0.25) is 9.82 Å². The van der Waals surface area contributed by atoms with Gasteiger partial charge < -0.3 is 0 Å². The van der Waals surface area contributed by atoms with Crippen LogP contribution < -0.4 is 4.72 Å². The molecule has 0 aliphatic carbocycles. The van der Waals surface area contributed by atoms with Crippen molar-refractivity contribution >= 4 is 27.3 Å². The van der Waals surface area contributed by atoms with Gasteiger partial charge in [0.15, 0.2) is 0 Å². The number of aryl methyl sites for hydroxylation is 1. The van der Waals surface area contributed by atoms with Gasteiger partial charge in [0.2, 0.25) is 0 Å². The summed E-state index contributed by atoms with van der Waals surface area (Å²) in [6, 6.07) is 3.14. The fourth-order valence-electron chi connectivity index (χ4n) is 1.34. The monoisotopic (exact) mass is 289 g/mol. The summed E-state index contributed by atoms with van der Waals surface area (Å²) in [5.41, 5.74) is 0.835. The Labute approximate surface area is 108 Å². The maximum atomic E-state index is 13.1. The van der Waals surface area contributed by atoms with Crippen LogP contribution in [0.15, 0.2) is 29.3 Å². The van der Waals surface area contributed by atoms with Crippen LogP contribution in [0.5, 0.6) is 0 Å². The average Bonchev–Trinajstić information content (AvgIpc) is 2.67. The van der Waals surface area contributed by atoms with E-state index < -0.39 is 15.8 Å². The lowest BCUT2D eigenvalue weighted by Gasteiger charge is -2.08. The zero-order valence-corrected chi connectivity index (χ0v) is 10.8. The molecule has 96 valence electrons. The lowest BCUT2D eigenvalue weighted by molar-refractivity contribution is 0.595. The first-order chi connectivity index (χ1) is 8.40. The third-order valence-corrected chi connectivity index (χ3v) is 4.10. The molecule has 5 nitrogen and oxygen atoms in total. The Kier molecular flexibility index (Phi) is 3.27. The molecule has 1 aromatic heterocycles. The summed E-state index contributed by atoms with van der Waals surface area (Å²) in [4.78, 5) is -0.315. The molecule has 1 heterocycles. The number of sulfonamides is 1. The molecule has 0 fully saturated rings. The van der Waals surface area contributed by atoms with Crippen LogP contribution in [0.4, 0.5) is 10.1 Å². The van der Waals surface area contributed by atoms with Crippen LogP contribution in [-0.2, 0) is 10.0 Å². The standard InChI is InChI=1S/C10H9ClFN3O2S/c1-6-9(5-13-14-6)15-18(16,17)10-4-7(12)2-3-8(10)11/h2-5,15H,1H3,(H,13,14). The van der Waals surface area contributed by atoms with Crippen LogP contribution in [0.25, 0.3) is 0 Å². The predicted molar refractivity (Wildman–Crippen MR) is 65.5 cm³/mol. The second kappa shape index (κ2) is 4.58. The SMILES string of the molecule is Cc1[nH]ncc1NS(=O)(=O)c1cc(F)ccc1Cl. The smallest absolute Gasteiger partial charge is 0.263 e. The molecule has 18 heavy (non-hydrogen) atoms. The molecule has 0 saturated carbocycles. The quantitative estimate of drug-likeness (QED) is 0.910. The van der Waals surface area contributed by atoms with Gasteiger partial charge in [-0.1, -0.05) is 11.6 Å². The molecule has 0 amide bonds. The van der Waals surface area contributed by atoms with Crippen LogP contribution in [0.3, 0.4) is 0 Å². The average molecular weight is 290 g/mol. The molecular formula is C10H9ClFN3O2S. The molecule has 0 atom stereocenters. The molecule has 2 N–H and O–H groups in total. The van der Waals surface area contributed by atoms with E-state index in [1.807, 2.05) is 0 Å². The zero-order valence-electron chi connectivity index (χ0n) is 9.24. The minimum Gasteiger partial charge on any atom is -0.281 e. The van der Waals surface area contributed by atoms with E-state index in [1.54, 1.807) is 6.92 Å². The molecule has 0 spiro atoms. The molecule has 0 radical (unpaired) electrons. The Morgan fingerprint density at radius 3 is 2.78 bits per heavy atom. The van der Waals surface area contributed by atoms with Crippen LogP contribution in [0.1, 0.15) is 5.69 Å². The van der Waals surface area contributed by atoms with E-state index in [0.717, 1.165) is 12.1 Å². The number of aromatic amines is 1. The summed E-state index contributed by atoms with van der Waals surface area (Å²) in [5, 5.41) is 6.21. The van der Waals surface area contributed by atoms with E-state index in [0.29, 0.717) is 5.69 Å². The van der Waals surface area contributed by atoms with Crippen molar-refractivity contribution in [2.75, 3.05) is 4.72 Å². The van der Waals surface area contributed by atoms with Crippen molar-refractivity contribution in [3.63, 3.8) is 0 Å². The van der Waals surface area contributed by atoms with E-state index in [-0.39, 0.29) is 15.6 Å². The van der Waals surface area contributed by atoms with Crippen molar-refractivity contribution in [3.05, 3.63) is 40.9 Å². The molecule has 0 aliphatic heterocycles. The summed E-state index contributed by atoms with van der Waals surface area (Å²) in [7, 11) is -3.94. The largest absolute Gasteiger partial charge is 0.281 e. The number of halogens is 2. The number of hydrogen-bond acceptors (Lipinski definition) is 3. The molecule has 0 bridgehead atoms. The first kappa shape index (κ1) is 12.8. The Balaban J connectivity index is 2.43. The van der Waals surface area contributed by atoms with Crippen LogP contribution in [0, 0.1) is 12.7 Å². The third-order valence-electron chi connectivity index (χ3n) is 2.26. The number of nitrogens with one attached hydrogen (secondary N) is 2. The summed E-state index contributed by atoms with van der Waals surface area (Å²) in [6.45, 7) is 1.65.